The molecule has 3 aromatic rings. The molecule has 0 saturated heterocycles. The van der Waals surface area contributed by atoms with Gasteiger partial charge in [-0.05, 0) is 49.6 Å². The molecule has 0 unspecified atom stereocenters. The number of amides is 1. The lowest BCUT2D eigenvalue weighted by atomic mass is 10.1. The summed E-state index contributed by atoms with van der Waals surface area (Å²) in [7, 11) is 0. The van der Waals surface area contributed by atoms with Crippen molar-refractivity contribution in [3.63, 3.8) is 0 Å². The standard InChI is InChI=1S/C21H22FN3O/c1-3-20-19(14-24-25(20)18-10-4-15(2)5-11-18)21(26)23-13-12-16-6-8-17(22)9-7-16/h4-11,14H,3,12-13H2,1-2H3,(H,23,26). The van der Waals surface area contributed by atoms with Crippen LogP contribution < -0.4 is 5.32 Å². The topological polar surface area (TPSA) is 46.9 Å². The van der Waals surface area contributed by atoms with E-state index in [1.54, 1.807) is 18.3 Å². The molecule has 3 rings (SSSR count). The second-order valence-corrected chi connectivity index (χ2v) is 6.24. The Morgan fingerprint density at radius 1 is 1.12 bits per heavy atom. The summed E-state index contributed by atoms with van der Waals surface area (Å²) in [6, 6.07) is 14.4. The highest BCUT2D eigenvalue weighted by Crippen LogP contribution is 2.16. The molecule has 26 heavy (non-hydrogen) atoms. The number of rotatable bonds is 6. The number of carbonyl (C=O) groups is 1. The highest BCUT2D eigenvalue weighted by Gasteiger charge is 2.16. The molecule has 1 amide bonds. The Balaban J connectivity index is 1.69. The summed E-state index contributed by atoms with van der Waals surface area (Å²) < 4.78 is 14.7. The lowest BCUT2D eigenvalue weighted by Gasteiger charge is -2.09. The van der Waals surface area contributed by atoms with Crippen molar-refractivity contribution in [3.05, 3.63) is 82.9 Å². The summed E-state index contributed by atoms with van der Waals surface area (Å²) in [4.78, 5) is 12.5. The van der Waals surface area contributed by atoms with Crippen LogP contribution in [0.15, 0.2) is 54.7 Å². The number of hydrogen-bond donors (Lipinski definition) is 1. The van der Waals surface area contributed by atoms with Gasteiger partial charge in [-0.3, -0.25) is 4.79 Å². The van der Waals surface area contributed by atoms with Gasteiger partial charge < -0.3 is 5.32 Å². The normalized spacial score (nSPS) is 10.7. The highest BCUT2D eigenvalue weighted by atomic mass is 19.1. The predicted octanol–water partition coefficient (Wildman–Crippen LogP) is 3.85. The summed E-state index contributed by atoms with van der Waals surface area (Å²) in [6.07, 6.45) is 2.97. The summed E-state index contributed by atoms with van der Waals surface area (Å²) in [6.45, 7) is 4.54. The van der Waals surface area contributed by atoms with Crippen LogP contribution in [0.4, 0.5) is 4.39 Å². The van der Waals surface area contributed by atoms with E-state index < -0.39 is 0 Å². The molecular formula is C21H22FN3O. The Hall–Kier alpha value is -2.95. The van der Waals surface area contributed by atoms with Crippen LogP contribution in [0.2, 0.25) is 0 Å². The van der Waals surface area contributed by atoms with Crippen LogP contribution in [-0.4, -0.2) is 22.2 Å². The maximum atomic E-state index is 12.9. The van der Waals surface area contributed by atoms with Crippen LogP contribution >= 0.6 is 0 Å². The molecule has 1 N–H and O–H groups in total. The third-order valence-corrected chi connectivity index (χ3v) is 4.34. The number of aromatic nitrogens is 2. The largest absolute Gasteiger partial charge is 0.352 e. The minimum Gasteiger partial charge on any atom is -0.352 e. The van der Waals surface area contributed by atoms with Crippen LogP contribution in [0.1, 0.15) is 34.1 Å². The Labute approximate surface area is 152 Å². The minimum atomic E-state index is -0.256. The van der Waals surface area contributed by atoms with E-state index in [1.807, 2.05) is 42.8 Å². The predicted molar refractivity (Wildman–Crippen MR) is 100 cm³/mol. The molecule has 0 radical (unpaired) electrons. The zero-order valence-electron chi connectivity index (χ0n) is 15.0. The molecule has 1 aromatic heterocycles. The average molecular weight is 351 g/mol. The number of nitrogens with zero attached hydrogens (tertiary/aromatic N) is 2. The van der Waals surface area contributed by atoms with Crippen molar-refractivity contribution in [1.29, 1.82) is 0 Å². The fourth-order valence-corrected chi connectivity index (χ4v) is 2.88. The molecule has 1 heterocycles. The molecule has 4 nitrogen and oxygen atoms in total. The summed E-state index contributed by atoms with van der Waals surface area (Å²) in [5, 5.41) is 7.32. The van der Waals surface area contributed by atoms with Gasteiger partial charge in [-0.2, -0.15) is 5.10 Å². The van der Waals surface area contributed by atoms with E-state index >= 15 is 0 Å². The second kappa shape index (κ2) is 7.95. The van der Waals surface area contributed by atoms with Crippen molar-refractivity contribution in [2.75, 3.05) is 6.54 Å². The number of nitrogens with one attached hydrogen (secondary N) is 1. The fourth-order valence-electron chi connectivity index (χ4n) is 2.88. The molecule has 0 atom stereocenters. The maximum absolute atomic E-state index is 12.9. The minimum absolute atomic E-state index is 0.137. The molecule has 0 saturated carbocycles. The summed E-state index contributed by atoms with van der Waals surface area (Å²) in [5.41, 5.74) is 4.58. The first-order valence-electron chi connectivity index (χ1n) is 8.75. The van der Waals surface area contributed by atoms with Crippen molar-refractivity contribution in [2.24, 2.45) is 0 Å². The highest BCUT2D eigenvalue weighted by molar-refractivity contribution is 5.95. The number of aryl methyl sites for hydroxylation is 1. The van der Waals surface area contributed by atoms with Gasteiger partial charge in [0.2, 0.25) is 0 Å². The number of carbonyl (C=O) groups excluding carboxylic acids is 1. The average Bonchev–Trinajstić information content (AvgIpc) is 3.08. The molecule has 5 heteroatoms. The molecule has 0 aliphatic rings. The van der Waals surface area contributed by atoms with Crippen LogP contribution in [-0.2, 0) is 12.8 Å². The molecule has 134 valence electrons. The van der Waals surface area contributed by atoms with E-state index in [9.17, 15) is 9.18 Å². The first-order chi connectivity index (χ1) is 12.6. The molecule has 0 aliphatic carbocycles. The van der Waals surface area contributed by atoms with Crippen LogP contribution in [0.5, 0.6) is 0 Å². The lowest BCUT2D eigenvalue weighted by molar-refractivity contribution is 0.0953. The van der Waals surface area contributed by atoms with Crippen molar-refractivity contribution >= 4 is 5.91 Å². The fraction of sp³-hybridized carbons (Fsp3) is 0.238. The molecule has 0 aliphatic heterocycles. The first kappa shape index (κ1) is 17.9. The molecule has 0 spiro atoms. The molecule has 2 aromatic carbocycles. The van der Waals surface area contributed by atoms with Gasteiger partial charge in [0, 0.05) is 6.54 Å². The van der Waals surface area contributed by atoms with Crippen molar-refractivity contribution < 1.29 is 9.18 Å². The van der Waals surface area contributed by atoms with E-state index in [4.69, 9.17) is 0 Å². The van der Waals surface area contributed by atoms with E-state index in [-0.39, 0.29) is 11.7 Å². The van der Waals surface area contributed by atoms with E-state index in [0.717, 1.165) is 16.9 Å². The Morgan fingerprint density at radius 3 is 2.46 bits per heavy atom. The van der Waals surface area contributed by atoms with Crippen molar-refractivity contribution in [3.8, 4) is 5.69 Å². The Morgan fingerprint density at radius 2 is 1.81 bits per heavy atom. The van der Waals surface area contributed by atoms with Gasteiger partial charge in [0.25, 0.3) is 5.91 Å². The van der Waals surface area contributed by atoms with Gasteiger partial charge in [-0.1, -0.05) is 36.8 Å². The van der Waals surface area contributed by atoms with Crippen LogP contribution in [0, 0.1) is 12.7 Å². The summed E-state index contributed by atoms with van der Waals surface area (Å²) >= 11 is 0. The van der Waals surface area contributed by atoms with E-state index in [0.29, 0.717) is 24.9 Å². The zero-order valence-corrected chi connectivity index (χ0v) is 15.0. The quantitative estimate of drug-likeness (QED) is 0.733. The molecule has 0 fully saturated rings. The van der Waals surface area contributed by atoms with E-state index in [2.05, 4.69) is 10.4 Å². The number of benzene rings is 2. The Kier molecular flexibility index (Phi) is 5.46. The van der Waals surface area contributed by atoms with Crippen LogP contribution in [0.25, 0.3) is 5.69 Å². The molecular weight excluding hydrogens is 329 g/mol. The van der Waals surface area contributed by atoms with Crippen LogP contribution in [0.3, 0.4) is 0 Å². The number of halogens is 1. The van der Waals surface area contributed by atoms with Gasteiger partial charge in [0.1, 0.15) is 5.82 Å². The SMILES string of the molecule is CCc1c(C(=O)NCCc2ccc(F)cc2)cnn1-c1ccc(C)cc1. The lowest BCUT2D eigenvalue weighted by Crippen LogP contribution is -2.26. The third kappa shape index (κ3) is 3.99. The van der Waals surface area contributed by atoms with Crippen molar-refractivity contribution in [2.45, 2.75) is 26.7 Å². The Bertz CT molecular complexity index is 883. The second-order valence-electron chi connectivity index (χ2n) is 6.24. The van der Waals surface area contributed by atoms with Gasteiger partial charge in [0.05, 0.1) is 23.1 Å². The van der Waals surface area contributed by atoms with Gasteiger partial charge in [-0.25, -0.2) is 9.07 Å². The van der Waals surface area contributed by atoms with E-state index in [1.165, 1.54) is 17.7 Å². The van der Waals surface area contributed by atoms with Gasteiger partial charge in [0.15, 0.2) is 0 Å². The van der Waals surface area contributed by atoms with Gasteiger partial charge in [-0.15, -0.1) is 0 Å². The third-order valence-electron chi connectivity index (χ3n) is 4.34. The van der Waals surface area contributed by atoms with Gasteiger partial charge >= 0.3 is 0 Å². The monoisotopic (exact) mass is 351 g/mol. The van der Waals surface area contributed by atoms with Crippen molar-refractivity contribution in [1.82, 2.24) is 15.1 Å². The zero-order chi connectivity index (χ0) is 18.5. The smallest absolute Gasteiger partial charge is 0.254 e. The molecule has 0 bridgehead atoms. The summed E-state index contributed by atoms with van der Waals surface area (Å²) in [5.74, 6) is -0.392. The number of hydrogen-bond acceptors (Lipinski definition) is 2. The maximum Gasteiger partial charge on any atom is 0.254 e. The first-order valence-corrected chi connectivity index (χ1v) is 8.75.